The normalized spacial score (nSPS) is 14.0. The van der Waals surface area contributed by atoms with Gasteiger partial charge in [-0.2, -0.15) is 0 Å². The van der Waals surface area contributed by atoms with Gasteiger partial charge in [-0.25, -0.2) is 0 Å². The lowest BCUT2D eigenvalue weighted by Crippen LogP contribution is -2.28. The SMILES string of the molecule is COc1cccc(NC(=O)c2cccc(N3C(=O)CCC3=O)c2)c1. The molecule has 0 aliphatic carbocycles. The lowest BCUT2D eigenvalue weighted by molar-refractivity contribution is -0.121. The van der Waals surface area contributed by atoms with Gasteiger partial charge in [-0.1, -0.05) is 12.1 Å². The van der Waals surface area contributed by atoms with E-state index in [1.165, 1.54) is 6.07 Å². The van der Waals surface area contributed by atoms with Crippen LogP contribution in [0.5, 0.6) is 5.75 Å². The Labute approximate surface area is 139 Å². The Bertz CT molecular complexity index is 800. The van der Waals surface area contributed by atoms with Gasteiger partial charge in [0.1, 0.15) is 5.75 Å². The molecule has 2 aromatic rings. The monoisotopic (exact) mass is 324 g/mol. The zero-order chi connectivity index (χ0) is 17.1. The van der Waals surface area contributed by atoms with Crippen LogP contribution in [-0.4, -0.2) is 24.8 Å². The molecule has 1 aliphatic rings. The number of carbonyl (C=O) groups excluding carboxylic acids is 3. The summed E-state index contributed by atoms with van der Waals surface area (Å²) in [6.07, 6.45) is 0.415. The van der Waals surface area contributed by atoms with Crippen molar-refractivity contribution in [3.05, 3.63) is 54.1 Å². The number of nitrogens with zero attached hydrogens (tertiary/aromatic N) is 1. The van der Waals surface area contributed by atoms with Gasteiger partial charge in [0.15, 0.2) is 0 Å². The summed E-state index contributed by atoms with van der Waals surface area (Å²) in [7, 11) is 1.55. The molecule has 3 amide bonds. The molecule has 0 saturated carbocycles. The fourth-order valence-corrected chi connectivity index (χ4v) is 2.55. The summed E-state index contributed by atoms with van der Waals surface area (Å²) in [4.78, 5) is 37.2. The molecule has 2 aromatic carbocycles. The molecule has 0 unspecified atom stereocenters. The zero-order valence-electron chi connectivity index (χ0n) is 13.1. The summed E-state index contributed by atoms with van der Waals surface area (Å²) in [6.45, 7) is 0. The summed E-state index contributed by atoms with van der Waals surface area (Å²) in [6, 6.07) is 13.5. The molecule has 0 aromatic heterocycles. The van der Waals surface area contributed by atoms with E-state index in [9.17, 15) is 14.4 Å². The Balaban J connectivity index is 1.81. The van der Waals surface area contributed by atoms with Gasteiger partial charge in [0.25, 0.3) is 5.91 Å². The van der Waals surface area contributed by atoms with Crippen molar-refractivity contribution in [3.63, 3.8) is 0 Å². The molecule has 0 spiro atoms. The maximum atomic E-state index is 12.4. The highest BCUT2D eigenvalue weighted by Gasteiger charge is 2.30. The van der Waals surface area contributed by atoms with Gasteiger partial charge >= 0.3 is 0 Å². The first-order valence-electron chi connectivity index (χ1n) is 7.50. The molecule has 24 heavy (non-hydrogen) atoms. The average molecular weight is 324 g/mol. The van der Waals surface area contributed by atoms with E-state index in [1.807, 2.05) is 0 Å². The summed E-state index contributed by atoms with van der Waals surface area (Å²) >= 11 is 0. The summed E-state index contributed by atoms with van der Waals surface area (Å²) in [5.74, 6) is -0.185. The summed E-state index contributed by atoms with van der Waals surface area (Å²) in [5, 5.41) is 2.77. The molecule has 1 N–H and O–H groups in total. The Morgan fingerprint density at radius 2 is 1.75 bits per heavy atom. The van der Waals surface area contributed by atoms with E-state index < -0.39 is 0 Å². The van der Waals surface area contributed by atoms with Crippen molar-refractivity contribution in [2.45, 2.75) is 12.8 Å². The quantitative estimate of drug-likeness (QED) is 0.877. The Hall–Kier alpha value is -3.15. The number of nitrogens with one attached hydrogen (secondary N) is 1. The van der Waals surface area contributed by atoms with Crippen LogP contribution in [0.1, 0.15) is 23.2 Å². The maximum Gasteiger partial charge on any atom is 0.255 e. The molecule has 1 fully saturated rings. The van der Waals surface area contributed by atoms with Crippen LogP contribution < -0.4 is 15.0 Å². The average Bonchev–Trinajstić information content (AvgIpc) is 2.93. The number of benzene rings is 2. The fraction of sp³-hybridized carbons (Fsp3) is 0.167. The van der Waals surface area contributed by atoms with Crippen molar-refractivity contribution < 1.29 is 19.1 Å². The van der Waals surface area contributed by atoms with Gasteiger partial charge < -0.3 is 10.1 Å². The van der Waals surface area contributed by atoms with Crippen molar-refractivity contribution in [1.29, 1.82) is 0 Å². The number of hydrogen-bond acceptors (Lipinski definition) is 4. The van der Waals surface area contributed by atoms with Gasteiger partial charge in [0.2, 0.25) is 11.8 Å². The van der Waals surface area contributed by atoms with Crippen LogP contribution in [0.3, 0.4) is 0 Å². The van der Waals surface area contributed by atoms with Crippen LogP contribution in [0.25, 0.3) is 0 Å². The lowest BCUT2D eigenvalue weighted by Gasteiger charge is -2.15. The summed E-state index contributed by atoms with van der Waals surface area (Å²) < 4.78 is 5.12. The van der Waals surface area contributed by atoms with E-state index in [2.05, 4.69) is 5.32 Å². The second-order valence-corrected chi connectivity index (χ2v) is 5.36. The molecule has 3 rings (SSSR count). The molecule has 1 heterocycles. The number of imide groups is 1. The number of anilines is 2. The first-order valence-corrected chi connectivity index (χ1v) is 7.50. The second-order valence-electron chi connectivity index (χ2n) is 5.36. The van der Waals surface area contributed by atoms with Crippen LogP contribution in [0.2, 0.25) is 0 Å². The standard InChI is InChI=1S/C18H16N2O4/c1-24-15-7-3-5-13(11-15)19-18(23)12-4-2-6-14(10-12)20-16(21)8-9-17(20)22/h2-7,10-11H,8-9H2,1H3,(H,19,23). The molecule has 122 valence electrons. The molecule has 0 atom stereocenters. The minimum absolute atomic E-state index is 0.207. The molecule has 6 heteroatoms. The third kappa shape index (κ3) is 3.12. The second kappa shape index (κ2) is 6.54. The molecular formula is C18H16N2O4. The molecular weight excluding hydrogens is 308 g/mol. The van der Waals surface area contributed by atoms with E-state index in [1.54, 1.807) is 49.6 Å². The van der Waals surface area contributed by atoms with Crippen LogP contribution in [0, 0.1) is 0 Å². The molecule has 1 aliphatic heterocycles. The number of carbonyl (C=O) groups is 3. The van der Waals surface area contributed by atoms with Gasteiger partial charge in [-0.05, 0) is 30.3 Å². The number of hydrogen-bond donors (Lipinski definition) is 1. The minimum atomic E-state index is -0.329. The van der Waals surface area contributed by atoms with Crippen molar-refractivity contribution in [2.75, 3.05) is 17.3 Å². The van der Waals surface area contributed by atoms with Crippen LogP contribution in [0.15, 0.2) is 48.5 Å². The smallest absolute Gasteiger partial charge is 0.255 e. The van der Waals surface area contributed by atoms with Gasteiger partial charge in [0.05, 0.1) is 12.8 Å². The third-order valence-corrected chi connectivity index (χ3v) is 3.75. The highest BCUT2D eigenvalue weighted by atomic mass is 16.5. The Kier molecular flexibility index (Phi) is 4.29. The first-order chi connectivity index (χ1) is 11.6. The highest BCUT2D eigenvalue weighted by Crippen LogP contribution is 2.24. The van der Waals surface area contributed by atoms with Crippen molar-refractivity contribution in [2.24, 2.45) is 0 Å². The van der Waals surface area contributed by atoms with E-state index in [0.717, 1.165) is 4.90 Å². The van der Waals surface area contributed by atoms with Crippen LogP contribution in [-0.2, 0) is 9.59 Å². The molecule has 1 saturated heterocycles. The minimum Gasteiger partial charge on any atom is -0.497 e. The fourth-order valence-electron chi connectivity index (χ4n) is 2.55. The van der Waals surface area contributed by atoms with Gasteiger partial charge in [0, 0.05) is 30.2 Å². The number of methoxy groups -OCH3 is 1. The molecule has 6 nitrogen and oxygen atoms in total. The lowest BCUT2D eigenvalue weighted by atomic mass is 10.1. The topological polar surface area (TPSA) is 75.7 Å². The van der Waals surface area contributed by atoms with Gasteiger partial charge in [-0.15, -0.1) is 0 Å². The Morgan fingerprint density at radius 3 is 2.46 bits per heavy atom. The van der Waals surface area contributed by atoms with Crippen molar-refractivity contribution in [3.8, 4) is 5.75 Å². The van der Waals surface area contributed by atoms with E-state index >= 15 is 0 Å². The Morgan fingerprint density at radius 1 is 1.04 bits per heavy atom. The van der Waals surface area contributed by atoms with Crippen LogP contribution >= 0.6 is 0 Å². The van der Waals surface area contributed by atoms with Gasteiger partial charge in [-0.3, -0.25) is 19.3 Å². The van der Waals surface area contributed by atoms with Crippen molar-refractivity contribution in [1.82, 2.24) is 0 Å². The number of ether oxygens (including phenoxy) is 1. The van der Waals surface area contributed by atoms with Crippen LogP contribution in [0.4, 0.5) is 11.4 Å². The number of rotatable bonds is 4. The first kappa shape index (κ1) is 15.7. The van der Waals surface area contributed by atoms with E-state index in [4.69, 9.17) is 4.74 Å². The van der Waals surface area contributed by atoms with Crippen molar-refractivity contribution >= 4 is 29.1 Å². The maximum absolute atomic E-state index is 12.4. The van der Waals surface area contributed by atoms with E-state index in [-0.39, 0.29) is 30.6 Å². The highest BCUT2D eigenvalue weighted by molar-refractivity contribution is 6.20. The van der Waals surface area contributed by atoms with E-state index in [0.29, 0.717) is 22.7 Å². The molecule has 0 bridgehead atoms. The largest absolute Gasteiger partial charge is 0.497 e. The predicted octanol–water partition coefficient (Wildman–Crippen LogP) is 2.60. The number of amides is 3. The molecule has 0 radical (unpaired) electrons. The third-order valence-electron chi connectivity index (χ3n) is 3.75. The zero-order valence-corrected chi connectivity index (χ0v) is 13.1. The summed E-state index contributed by atoms with van der Waals surface area (Å²) in [5.41, 5.74) is 1.38. The predicted molar refractivity (Wildman–Crippen MR) is 89.1 cm³/mol.